The summed E-state index contributed by atoms with van der Waals surface area (Å²) < 4.78 is 44.2. The third-order valence-electron chi connectivity index (χ3n) is 7.86. The van der Waals surface area contributed by atoms with Gasteiger partial charge < -0.3 is 19.3 Å². The largest absolute Gasteiger partial charge is 0.493 e. The zero-order valence-corrected chi connectivity index (χ0v) is 26.2. The zero-order valence-electron chi connectivity index (χ0n) is 25.4. The number of benzene rings is 3. The van der Waals surface area contributed by atoms with Gasteiger partial charge >= 0.3 is 11.9 Å². The van der Waals surface area contributed by atoms with E-state index in [1.54, 1.807) is 79.7 Å². The number of methoxy groups -OCH3 is 1. The van der Waals surface area contributed by atoms with Crippen LogP contribution in [-0.4, -0.2) is 50.5 Å². The lowest BCUT2D eigenvalue weighted by molar-refractivity contribution is -0.147. The highest BCUT2D eigenvalue weighted by Gasteiger charge is 2.35. The maximum atomic E-state index is 13.9. The molecular weight excluding hydrogens is 580 g/mol. The third kappa shape index (κ3) is 8.15. The fraction of sp³-hybridized carbons (Fsp3) is 0.371. The van der Waals surface area contributed by atoms with E-state index in [0.29, 0.717) is 36.1 Å². The van der Waals surface area contributed by atoms with Crippen molar-refractivity contribution in [1.29, 1.82) is 0 Å². The van der Waals surface area contributed by atoms with E-state index in [1.165, 1.54) is 7.11 Å². The monoisotopic (exact) mass is 620 g/mol. The fourth-order valence-corrected chi connectivity index (χ4v) is 7.15. The number of carbonyl (C=O) groups excluding carboxylic acids is 2. The summed E-state index contributed by atoms with van der Waals surface area (Å²) in [6.07, 6.45) is 3.60. The van der Waals surface area contributed by atoms with Gasteiger partial charge in [-0.05, 0) is 87.9 Å². The fourth-order valence-electron chi connectivity index (χ4n) is 5.42. The Labute approximate surface area is 259 Å². The Balaban J connectivity index is 1.58. The number of sulfone groups is 1. The van der Waals surface area contributed by atoms with Crippen LogP contribution < -0.4 is 9.47 Å². The lowest BCUT2D eigenvalue weighted by Crippen LogP contribution is -2.35. The molecule has 1 fully saturated rings. The minimum absolute atomic E-state index is 0.110. The van der Waals surface area contributed by atoms with E-state index < -0.39 is 33.1 Å². The summed E-state index contributed by atoms with van der Waals surface area (Å²) in [6.45, 7) is 3.86. The molecule has 0 amide bonds. The van der Waals surface area contributed by atoms with Crippen LogP contribution in [0.1, 0.15) is 60.5 Å². The second-order valence-corrected chi connectivity index (χ2v) is 13.1. The number of carbonyl (C=O) groups is 2. The molecule has 3 unspecified atom stereocenters. The molecule has 0 saturated heterocycles. The molecular formula is C35H40O8S. The summed E-state index contributed by atoms with van der Waals surface area (Å²) in [5, 5.41) is 10.2. The minimum atomic E-state index is -4.00. The topological polar surface area (TPSA) is 116 Å². The molecule has 0 bridgehead atoms. The molecule has 4 rings (SSSR count). The van der Waals surface area contributed by atoms with Gasteiger partial charge in [0.05, 0.1) is 36.2 Å². The maximum absolute atomic E-state index is 13.9. The van der Waals surface area contributed by atoms with Crippen molar-refractivity contribution in [2.24, 2.45) is 5.92 Å². The van der Waals surface area contributed by atoms with E-state index >= 15 is 0 Å². The van der Waals surface area contributed by atoms with Crippen LogP contribution in [0.25, 0.3) is 0 Å². The van der Waals surface area contributed by atoms with Crippen molar-refractivity contribution < 1.29 is 37.3 Å². The maximum Gasteiger partial charge on any atom is 0.343 e. The van der Waals surface area contributed by atoms with E-state index in [9.17, 15) is 23.1 Å². The van der Waals surface area contributed by atoms with E-state index in [0.717, 1.165) is 24.0 Å². The van der Waals surface area contributed by atoms with Gasteiger partial charge in [0.15, 0.2) is 21.3 Å². The van der Waals surface area contributed by atoms with Crippen LogP contribution in [0, 0.1) is 12.8 Å². The van der Waals surface area contributed by atoms with Crippen LogP contribution in [0.5, 0.6) is 11.5 Å². The molecule has 1 saturated carbocycles. The van der Waals surface area contributed by atoms with E-state index in [2.05, 4.69) is 0 Å². The van der Waals surface area contributed by atoms with Gasteiger partial charge in [-0.1, -0.05) is 60.0 Å². The summed E-state index contributed by atoms with van der Waals surface area (Å²) in [7, 11) is -2.54. The molecule has 1 aliphatic carbocycles. The molecule has 44 heavy (non-hydrogen) atoms. The lowest BCUT2D eigenvalue weighted by Gasteiger charge is -2.27. The standard InChI is InChI=1S/C35H40O8S/c1-4-42-35(38)29-13-9-8-12-27(29)23-33(44(39,40)28-18-14-24(2)15-19-28)30(36)20-16-25-17-21-31(32(22-25)41-3)43-34(37)26-10-6-5-7-11-26/h5-7,10-11,14-15,17-19,21-23,29-30,33,36H,4,8-9,12-13,16,20H2,1-3H3. The SMILES string of the molecule is CCOC(=O)C1CCCCC1=CC(C(O)CCc1ccc(OC(=O)c2ccccc2)c(OC)c1)S(=O)(=O)c1ccc(C)cc1. The van der Waals surface area contributed by atoms with Crippen molar-refractivity contribution in [3.05, 3.63) is 101 Å². The van der Waals surface area contributed by atoms with Gasteiger partial charge in [0.25, 0.3) is 0 Å². The number of hydrogen-bond donors (Lipinski definition) is 1. The summed E-state index contributed by atoms with van der Waals surface area (Å²) in [5.74, 6) is -0.820. The van der Waals surface area contributed by atoms with Crippen LogP contribution in [0.4, 0.5) is 0 Å². The Morgan fingerprint density at radius 1 is 1.00 bits per heavy atom. The molecule has 8 nitrogen and oxygen atoms in total. The Morgan fingerprint density at radius 2 is 1.73 bits per heavy atom. The quantitative estimate of drug-likeness (QED) is 0.148. The smallest absolute Gasteiger partial charge is 0.343 e. The molecule has 1 N–H and O–H groups in total. The first-order chi connectivity index (χ1) is 21.1. The number of ether oxygens (including phenoxy) is 3. The number of esters is 2. The second kappa shape index (κ2) is 15.2. The number of aryl methyl sites for hydroxylation is 2. The summed E-state index contributed by atoms with van der Waals surface area (Å²) in [5.41, 5.74) is 2.78. The molecule has 3 atom stereocenters. The zero-order chi connectivity index (χ0) is 31.7. The van der Waals surface area contributed by atoms with E-state index in [-0.39, 0.29) is 29.6 Å². The molecule has 3 aromatic carbocycles. The molecule has 0 aliphatic heterocycles. The van der Waals surface area contributed by atoms with Crippen molar-refractivity contribution in [1.82, 2.24) is 0 Å². The number of aliphatic hydroxyl groups excluding tert-OH is 1. The van der Waals surface area contributed by atoms with Gasteiger partial charge in [-0.3, -0.25) is 4.79 Å². The van der Waals surface area contributed by atoms with Crippen molar-refractivity contribution in [3.63, 3.8) is 0 Å². The average Bonchev–Trinajstić information content (AvgIpc) is 3.03. The third-order valence-corrected chi connectivity index (χ3v) is 9.96. The molecule has 0 aromatic heterocycles. The molecule has 0 heterocycles. The van der Waals surface area contributed by atoms with Gasteiger partial charge in [0.2, 0.25) is 0 Å². The van der Waals surface area contributed by atoms with Crippen LogP contribution >= 0.6 is 0 Å². The Kier molecular flexibility index (Phi) is 11.4. The first kappa shape index (κ1) is 33.0. The molecule has 0 spiro atoms. The Morgan fingerprint density at radius 3 is 2.41 bits per heavy atom. The van der Waals surface area contributed by atoms with Crippen molar-refractivity contribution in [3.8, 4) is 11.5 Å². The predicted octanol–water partition coefficient (Wildman–Crippen LogP) is 6.04. The normalized spacial score (nSPS) is 17.5. The van der Waals surface area contributed by atoms with Gasteiger partial charge in [-0.2, -0.15) is 0 Å². The first-order valence-corrected chi connectivity index (χ1v) is 16.5. The van der Waals surface area contributed by atoms with Crippen molar-refractivity contribution >= 4 is 21.8 Å². The summed E-state index contributed by atoms with van der Waals surface area (Å²) in [6, 6.07) is 20.2. The molecule has 3 aromatic rings. The Bertz CT molecular complexity index is 1560. The van der Waals surface area contributed by atoms with Crippen molar-refractivity contribution in [2.45, 2.75) is 68.6 Å². The highest BCUT2D eigenvalue weighted by Crippen LogP contribution is 2.34. The second-order valence-electron chi connectivity index (χ2n) is 11.0. The number of aliphatic hydroxyl groups is 1. The van der Waals surface area contributed by atoms with Crippen molar-refractivity contribution in [2.75, 3.05) is 13.7 Å². The molecule has 234 valence electrons. The van der Waals surface area contributed by atoms with Crippen LogP contribution in [-0.2, 0) is 25.8 Å². The van der Waals surface area contributed by atoms with Crippen LogP contribution in [0.2, 0.25) is 0 Å². The first-order valence-electron chi connectivity index (χ1n) is 14.9. The molecule has 0 radical (unpaired) electrons. The van der Waals surface area contributed by atoms with Gasteiger partial charge in [-0.25, -0.2) is 13.2 Å². The highest BCUT2D eigenvalue weighted by atomic mass is 32.2. The molecule has 1 aliphatic rings. The average molecular weight is 621 g/mol. The van der Waals surface area contributed by atoms with E-state index in [4.69, 9.17) is 14.2 Å². The van der Waals surface area contributed by atoms with Crippen LogP contribution in [0.15, 0.2) is 89.3 Å². The lowest BCUT2D eigenvalue weighted by atomic mass is 9.83. The Hall–Kier alpha value is -3.95. The summed E-state index contributed by atoms with van der Waals surface area (Å²) in [4.78, 5) is 25.4. The predicted molar refractivity (Wildman–Crippen MR) is 168 cm³/mol. The van der Waals surface area contributed by atoms with E-state index in [1.807, 2.05) is 13.0 Å². The van der Waals surface area contributed by atoms with Gasteiger partial charge in [0.1, 0.15) is 5.25 Å². The van der Waals surface area contributed by atoms with Gasteiger partial charge in [-0.15, -0.1) is 0 Å². The van der Waals surface area contributed by atoms with Gasteiger partial charge in [0, 0.05) is 0 Å². The number of hydrogen-bond acceptors (Lipinski definition) is 8. The highest BCUT2D eigenvalue weighted by molar-refractivity contribution is 7.92. The molecule has 9 heteroatoms. The van der Waals surface area contributed by atoms with Crippen LogP contribution in [0.3, 0.4) is 0 Å². The summed E-state index contributed by atoms with van der Waals surface area (Å²) >= 11 is 0. The number of rotatable bonds is 12. The minimum Gasteiger partial charge on any atom is -0.493 e.